The van der Waals surface area contributed by atoms with Crippen molar-refractivity contribution in [3.05, 3.63) is 46.9 Å². The summed E-state index contributed by atoms with van der Waals surface area (Å²) in [4.78, 5) is 1.84. The maximum Gasteiger partial charge on any atom is 0.230 e. The average Bonchev–Trinajstić information content (AvgIpc) is 2.77. The van der Waals surface area contributed by atoms with E-state index in [1.54, 1.807) is 13.0 Å². The highest BCUT2D eigenvalue weighted by Crippen LogP contribution is 2.13. The normalized spacial score (nSPS) is 10.7. The van der Waals surface area contributed by atoms with Crippen LogP contribution in [0.25, 0.3) is 0 Å². The van der Waals surface area contributed by atoms with Gasteiger partial charge in [-0.3, -0.25) is 4.90 Å². The molecule has 0 atom stereocenters. The number of aryl methyl sites for hydroxylation is 1. The lowest BCUT2D eigenvalue weighted by Crippen LogP contribution is -2.18. The fraction of sp³-hybridized carbons (Fsp3) is 0.308. The first-order chi connectivity index (χ1) is 9.08. The van der Waals surface area contributed by atoms with Gasteiger partial charge in [-0.2, -0.15) is 5.26 Å². The molecule has 0 saturated heterocycles. The van der Waals surface area contributed by atoms with Gasteiger partial charge in [0.15, 0.2) is 0 Å². The van der Waals surface area contributed by atoms with Crippen LogP contribution in [0.5, 0.6) is 0 Å². The Balaban J connectivity index is 2.06. The van der Waals surface area contributed by atoms with Crippen molar-refractivity contribution in [3.8, 4) is 6.07 Å². The lowest BCUT2D eigenvalue weighted by atomic mass is 10.1. The minimum atomic E-state index is -0.326. The van der Waals surface area contributed by atoms with Crippen LogP contribution in [0.4, 0.5) is 4.39 Å². The quantitative estimate of drug-likeness (QED) is 0.841. The Morgan fingerprint density at radius 1 is 1.37 bits per heavy atom. The highest BCUT2D eigenvalue weighted by atomic mass is 19.1. The number of rotatable bonds is 4. The Hall–Kier alpha value is -2.26. The second kappa shape index (κ2) is 5.59. The molecule has 0 aliphatic carbocycles. The topological polar surface area (TPSA) is 66.0 Å². The van der Waals surface area contributed by atoms with Gasteiger partial charge < -0.3 is 4.42 Å². The highest BCUT2D eigenvalue weighted by Gasteiger charge is 2.10. The van der Waals surface area contributed by atoms with Crippen LogP contribution in [0.1, 0.15) is 22.9 Å². The van der Waals surface area contributed by atoms with Crippen LogP contribution >= 0.6 is 0 Å². The standard InChI is InChI=1S/C13H13FN4O/c1-9-16-17-13(19-9)8-18(2)7-11-5-10(6-15)3-4-12(11)14/h3-5H,7-8H2,1-2H3. The molecule has 0 aliphatic rings. The van der Waals surface area contributed by atoms with Gasteiger partial charge in [-0.05, 0) is 25.2 Å². The Bertz CT molecular complexity index is 617. The van der Waals surface area contributed by atoms with E-state index >= 15 is 0 Å². The second-order valence-electron chi connectivity index (χ2n) is 4.31. The van der Waals surface area contributed by atoms with E-state index in [1.807, 2.05) is 18.0 Å². The van der Waals surface area contributed by atoms with E-state index in [0.717, 1.165) is 0 Å². The molecule has 1 heterocycles. The monoisotopic (exact) mass is 260 g/mol. The molecule has 0 fully saturated rings. The van der Waals surface area contributed by atoms with Crippen LogP contribution in [0.15, 0.2) is 22.6 Å². The molecule has 5 nitrogen and oxygen atoms in total. The number of halogens is 1. The molecule has 6 heteroatoms. The van der Waals surface area contributed by atoms with E-state index in [-0.39, 0.29) is 5.82 Å². The number of aromatic nitrogens is 2. The smallest absolute Gasteiger partial charge is 0.230 e. The highest BCUT2D eigenvalue weighted by molar-refractivity contribution is 5.33. The van der Waals surface area contributed by atoms with Gasteiger partial charge in [0.1, 0.15) is 5.82 Å². The minimum absolute atomic E-state index is 0.326. The first kappa shape index (κ1) is 13.2. The molecular weight excluding hydrogens is 247 g/mol. The maximum atomic E-state index is 13.6. The molecule has 1 aromatic heterocycles. The van der Waals surface area contributed by atoms with Crippen molar-refractivity contribution in [1.82, 2.24) is 15.1 Å². The van der Waals surface area contributed by atoms with Gasteiger partial charge in [0.25, 0.3) is 0 Å². The number of nitriles is 1. The fourth-order valence-corrected chi connectivity index (χ4v) is 1.74. The molecular formula is C13H13FN4O. The molecule has 0 spiro atoms. The summed E-state index contributed by atoms with van der Waals surface area (Å²) in [5.74, 6) is 0.658. The Morgan fingerprint density at radius 2 is 2.16 bits per heavy atom. The van der Waals surface area contributed by atoms with Gasteiger partial charge in [0.05, 0.1) is 18.2 Å². The van der Waals surface area contributed by atoms with E-state index in [9.17, 15) is 4.39 Å². The van der Waals surface area contributed by atoms with Crippen molar-refractivity contribution in [2.24, 2.45) is 0 Å². The molecule has 2 rings (SSSR count). The largest absolute Gasteiger partial charge is 0.424 e. The maximum absolute atomic E-state index is 13.6. The Labute approximate surface area is 110 Å². The van der Waals surface area contributed by atoms with Gasteiger partial charge >= 0.3 is 0 Å². The van der Waals surface area contributed by atoms with Crippen LogP contribution < -0.4 is 0 Å². The summed E-state index contributed by atoms with van der Waals surface area (Å²) in [5, 5.41) is 16.4. The zero-order valence-corrected chi connectivity index (χ0v) is 10.7. The number of hydrogen-bond acceptors (Lipinski definition) is 5. The first-order valence-corrected chi connectivity index (χ1v) is 5.74. The lowest BCUT2D eigenvalue weighted by molar-refractivity contribution is 0.275. The summed E-state index contributed by atoms with van der Waals surface area (Å²) < 4.78 is 18.9. The van der Waals surface area contributed by atoms with Crippen molar-refractivity contribution >= 4 is 0 Å². The summed E-state index contributed by atoms with van der Waals surface area (Å²) in [6.45, 7) is 2.51. The average molecular weight is 260 g/mol. The van der Waals surface area contributed by atoms with Gasteiger partial charge in [0.2, 0.25) is 11.8 Å². The molecule has 19 heavy (non-hydrogen) atoms. The van der Waals surface area contributed by atoms with Crippen LogP contribution in [-0.4, -0.2) is 22.1 Å². The molecule has 0 aliphatic heterocycles. The third-order valence-corrected chi connectivity index (χ3v) is 2.59. The molecule has 0 amide bonds. The molecule has 98 valence electrons. The van der Waals surface area contributed by atoms with Crippen molar-refractivity contribution < 1.29 is 8.81 Å². The predicted molar refractivity (Wildman–Crippen MR) is 65.3 cm³/mol. The molecule has 2 aromatic rings. The fourth-order valence-electron chi connectivity index (χ4n) is 1.74. The van der Waals surface area contributed by atoms with Crippen molar-refractivity contribution in [2.75, 3.05) is 7.05 Å². The minimum Gasteiger partial charge on any atom is -0.424 e. The Kier molecular flexibility index (Phi) is 3.88. The van der Waals surface area contributed by atoms with Crippen LogP contribution in [0.2, 0.25) is 0 Å². The second-order valence-corrected chi connectivity index (χ2v) is 4.31. The van der Waals surface area contributed by atoms with Gasteiger partial charge in [-0.25, -0.2) is 4.39 Å². The number of hydrogen-bond donors (Lipinski definition) is 0. The summed E-state index contributed by atoms with van der Waals surface area (Å²) >= 11 is 0. The van der Waals surface area contributed by atoms with Gasteiger partial charge in [-0.1, -0.05) is 0 Å². The lowest BCUT2D eigenvalue weighted by Gasteiger charge is -2.14. The molecule has 0 N–H and O–H groups in total. The van der Waals surface area contributed by atoms with Crippen molar-refractivity contribution in [2.45, 2.75) is 20.0 Å². The van der Waals surface area contributed by atoms with E-state index < -0.39 is 0 Å². The molecule has 0 bridgehead atoms. The first-order valence-electron chi connectivity index (χ1n) is 5.74. The molecule has 0 radical (unpaired) electrons. The number of benzene rings is 1. The molecule has 0 saturated carbocycles. The van der Waals surface area contributed by atoms with Gasteiger partial charge in [0, 0.05) is 19.0 Å². The molecule has 1 aromatic carbocycles. The summed E-state index contributed by atoms with van der Waals surface area (Å²) in [6, 6.07) is 6.30. The van der Waals surface area contributed by atoms with E-state index in [2.05, 4.69) is 10.2 Å². The third kappa shape index (κ3) is 3.36. The predicted octanol–water partition coefficient (Wildman–Crippen LogP) is 2.02. The zero-order valence-electron chi connectivity index (χ0n) is 10.7. The summed E-state index contributed by atoms with van der Waals surface area (Å²) in [7, 11) is 1.82. The zero-order chi connectivity index (χ0) is 13.8. The van der Waals surface area contributed by atoms with Crippen LogP contribution in [0, 0.1) is 24.1 Å². The van der Waals surface area contributed by atoms with Gasteiger partial charge in [-0.15, -0.1) is 10.2 Å². The van der Waals surface area contributed by atoms with Crippen molar-refractivity contribution in [3.63, 3.8) is 0 Å². The summed E-state index contributed by atoms with van der Waals surface area (Å²) in [5.41, 5.74) is 0.913. The van der Waals surface area contributed by atoms with E-state index in [1.165, 1.54) is 12.1 Å². The van der Waals surface area contributed by atoms with Crippen LogP contribution in [0.3, 0.4) is 0 Å². The SMILES string of the molecule is Cc1nnc(CN(C)Cc2cc(C#N)ccc2F)o1. The Morgan fingerprint density at radius 3 is 2.79 bits per heavy atom. The van der Waals surface area contributed by atoms with E-state index in [0.29, 0.717) is 36.0 Å². The summed E-state index contributed by atoms with van der Waals surface area (Å²) in [6.07, 6.45) is 0. The van der Waals surface area contributed by atoms with E-state index in [4.69, 9.17) is 9.68 Å². The van der Waals surface area contributed by atoms with Crippen molar-refractivity contribution in [1.29, 1.82) is 5.26 Å². The van der Waals surface area contributed by atoms with Crippen LogP contribution in [-0.2, 0) is 13.1 Å². The number of nitrogens with zero attached hydrogens (tertiary/aromatic N) is 4. The molecule has 0 unspecified atom stereocenters. The third-order valence-electron chi connectivity index (χ3n) is 2.59.